The van der Waals surface area contributed by atoms with Gasteiger partial charge in [-0.2, -0.15) is 0 Å². The van der Waals surface area contributed by atoms with E-state index in [1.54, 1.807) is 0 Å². The van der Waals surface area contributed by atoms with E-state index in [1.807, 2.05) is 19.2 Å². The SMILES string of the molecule is CN=C(NCCC1=CCOCC1)N1CCN(Cc2cccc(Cl)c2)CC1.I. The molecule has 0 aliphatic carbocycles. The Morgan fingerprint density at radius 2 is 2.07 bits per heavy atom. The maximum atomic E-state index is 6.09. The van der Waals surface area contributed by atoms with Crippen LogP contribution in [-0.2, 0) is 11.3 Å². The van der Waals surface area contributed by atoms with Gasteiger partial charge in [-0.05, 0) is 30.5 Å². The van der Waals surface area contributed by atoms with Crippen molar-refractivity contribution in [2.75, 3.05) is 53.0 Å². The largest absolute Gasteiger partial charge is 0.377 e. The van der Waals surface area contributed by atoms with E-state index in [0.29, 0.717) is 0 Å². The van der Waals surface area contributed by atoms with E-state index >= 15 is 0 Å². The zero-order valence-electron chi connectivity index (χ0n) is 16.0. The third-order valence-corrected chi connectivity index (χ3v) is 5.20. The molecule has 2 heterocycles. The molecule has 0 radical (unpaired) electrons. The molecule has 7 heteroatoms. The molecule has 1 N–H and O–H groups in total. The molecule has 150 valence electrons. The first-order valence-electron chi connectivity index (χ1n) is 9.42. The number of benzene rings is 1. The molecule has 1 saturated heterocycles. The van der Waals surface area contributed by atoms with Gasteiger partial charge in [0.2, 0.25) is 0 Å². The molecule has 0 amide bonds. The van der Waals surface area contributed by atoms with Gasteiger partial charge in [-0.25, -0.2) is 0 Å². The summed E-state index contributed by atoms with van der Waals surface area (Å²) >= 11 is 6.09. The van der Waals surface area contributed by atoms with Gasteiger partial charge in [0.05, 0.1) is 13.2 Å². The number of halogens is 2. The molecule has 0 saturated carbocycles. The quantitative estimate of drug-likeness (QED) is 0.289. The molecule has 2 aliphatic heterocycles. The Kier molecular flexibility index (Phi) is 9.89. The van der Waals surface area contributed by atoms with Crippen molar-refractivity contribution < 1.29 is 4.74 Å². The van der Waals surface area contributed by atoms with Crippen molar-refractivity contribution in [2.45, 2.75) is 19.4 Å². The Labute approximate surface area is 184 Å². The minimum atomic E-state index is 0. The number of nitrogens with zero attached hydrogens (tertiary/aromatic N) is 3. The minimum Gasteiger partial charge on any atom is -0.377 e. The Balaban J connectivity index is 0.00000261. The number of ether oxygens (including phenoxy) is 1. The molecule has 5 nitrogen and oxygen atoms in total. The van der Waals surface area contributed by atoms with Crippen molar-refractivity contribution in [2.24, 2.45) is 4.99 Å². The Morgan fingerprint density at radius 3 is 2.74 bits per heavy atom. The Bertz CT molecular complexity index is 645. The van der Waals surface area contributed by atoms with Gasteiger partial charge in [-0.1, -0.05) is 35.4 Å². The van der Waals surface area contributed by atoms with Crippen molar-refractivity contribution in [1.29, 1.82) is 0 Å². The molecule has 0 bridgehead atoms. The lowest BCUT2D eigenvalue weighted by Gasteiger charge is -2.36. The van der Waals surface area contributed by atoms with Crippen LogP contribution >= 0.6 is 35.6 Å². The second-order valence-electron chi connectivity index (χ2n) is 6.80. The maximum Gasteiger partial charge on any atom is 0.193 e. The summed E-state index contributed by atoms with van der Waals surface area (Å²) in [4.78, 5) is 9.29. The molecule has 0 aromatic heterocycles. The number of guanidine groups is 1. The summed E-state index contributed by atoms with van der Waals surface area (Å²) in [6.07, 6.45) is 4.34. The number of hydrogen-bond donors (Lipinski definition) is 1. The van der Waals surface area contributed by atoms with Crippen LogP contribution in [0.5, 0.6) is 0 Å². The van der Waals surface area contributed by atoms with Crippen LogP contribution in [0.3, 0.4) is 0 Å². The average Bonchev–Trinajstić information content (AvgIpc) is 2.67. The van der Waals surface area contributed by atoms with Gasteiger partial charge in [0.1, 0.15) is 0 Å². The van der Waals surface area contributed by atoms with E-state index in [1.165, 1.54) is 11.1 Å². The summed E-state index contributed by atoms with van der Waals surface area (Å²) in [7, 11) is 1.87. The lowest BCUT2D eigenvalue weighted by atomic mass is 10.1. The number of nitrogens with one attached hydrogen (secondary N) is 1. The lowest BCUT2D eigenvalue weighted by molar-refractivity contribution is 0.153. The Hall–Kier alpha value is -0.830. The topological polar surface area (TPSA) is 40.1 Å². The summed E-state index contributed by atoms with van der Waals surface area (Å²) in [6, 6.07) is 8.14. The van der Waals surface area contributed by atoms with E-state index in [-0.39, 0.29) is 24.0 Å². The van der Waals surface area contributed by atoms with Crippen LogP contribution in [0.4, 0.5) is 0 Å². The van der Waals surface area contributed by atoms with Crippen LogP contribution in [0.15, 0.2) is 40.9 Å². The number of rotatable bonds is 5. The number of piperazine rings is 1. The highest BCUT2D eigenvalue weighted by molar-refractivity contribution is 14.0. The van der Waals surface area contributed by atoms with Crippen molar-refractivity contribution in [1.82, 2.24) is 15.1 Å². The summed E-state index contributed by atoms with van der Waals surface area (Å²) in [6.45, 7) is 7.57. The van der Waals surface area contributed by atoms with Gasteiger partial charge in [0.15, 0.2) is 5.96 Å². The summed E-state index contributed by atoms with van der Waals surface area (Å²) in [5.41, 5.74) is 2.77. The van der Waals surface area contributed by atoms with Crippen molar-refractivity contribution in [3.63, 3.8) is 0 Å². The van der Waals surface area contributed by atoms with E-state index in [0.717, 1.165) is 76.3 Å². The standard InChI is InChI=1S/C20H29ClN4O.HI/c1-22-20(23-8-5-17-6-13-26-14-7-17)25-11-9-24(10-12-25)16-18-3-2-4-19(21)15-18;/h2-4,6,15H,5,7-14,16H2,1H3,(H,22,23);1H. The first-order chi connectivity index (χ1) is 12.7. The molecule has 1 aromatic carbocycles. The monoisotopic (exact) mass is 504 g/mol. The maximum absolute atomic E-state index is 6.09. The fourth-order valence-electron chi connectivity index (χ4n) is 3.47. The molecular weight excluding hydrogens is 475 g/mol. The first-order valence-corrected chi connectivity index (χ1v) is 9.80. The third-order valence-electron chi connectivity index (χ3n) is 4.97. The first kappa shape index (κ1) is 22.5. The van der Waals surface area contributed by atoms with E-state index in [2.05, 4.69) is 38.3 Å². The highest BCUT2D eigenvalue weighted by atomic mass is 127. The summed E-state index contributed by atoms with van der Waals surface area (Å²) in [5, 5.41) is 4.33. The predicted octanol–water partition coefficient (Wildman–Crippen LogP) is 3.39. The van der Waals surface area contributed by atoms with Crippen LogP contribution in [0.2, 0.25) is 5.02 Å². The van der Waals surface area contributed by atoms with Gasteiger partial charge >= 0.3 is 0 Å². The molecule has 2 aliphatic rings. The normalized spacial score (nSPS) is 18.7. The van der Waals surface area contributed by atoms with Crippen LogP contribution in [0, 0.1) is 0 Å². The van der Waals surface area contributed by atoms with Crippen LogP contribution in [0.25, 0.3) is 0 Å². The average molecular weight is 505 g/mol. The molecule has 1 fully saturated rings. The van der Waals surface area contributed by atoms with Gasteiger partial charge in [0, 0.05) is 51.3 Å². The fourth-order valence-corrected chi connectivity index (χ4v) is 3.68. The lowest BCUT2D eigenvalue weighted by Crippen LogP contribution is -2.52. The molecule has 0 spiro atoms. The van der Waals surface area contributed by atoms with Crippen LogP contribution in [0.1, 0.15) is 18.4 Å². The zero-order valence-corrected chi connectivity index (χ0v) is 19.1. The van der Waals surface area contributed by atoms with Crippen molar-refractivity contribution >= 4 is 41.5 Å². The van der Waals surface area contributed by atoms with Gasteiger partial charge < -0.3 is 15.0 Å². The zero-order chi connectivity index (χ0) is 18.2. The summed E-state index contributed by atoms with van der Waals surface area (Å²) < 4.78 is 5.36. The Morgan fingerprint density at radius 1 is 1.26 bits per heavy atom. The number of hydrogen-bond acceptors (Lipinski definition) is 3. The fraction of sp³-hybridized carbons (Fsp3) is 0.550. The molecule has 1 aromatic rings. The molecule has 0 unspecified atom stereocenters. The van der Waals surface area contributed by atoms with E-state index in [4.69, 9.17) is 16.3 Å². The highest BCUT2D eigenvalue weighted by Gasteiger charge is 2.19. The van der Waals surface area contributed by atoms with E-state index in [9.17, 15) is 0 Å². The van der Waals surface area contributed by atoms with Gasteiger partial charge in [0.25, 0.3) is 0 Å². The van der Waals surface area contributed by atoms with E-state index < -0.39 is 0 Å². The third kappa shape index (κ3) is 7.25. The molecule has 3 rings (SSSR count). The smallest absolute Gasteiger partial charge is 0.193 e. The molecule has 27 heavy (non-hydrogen) atoms. The van der Waals surface area contributed by atoms with Gasteiger partial charge in [-0.3, -0.25) is 9.89 Å². The molecule has 0 atom stereocenters. The van der Waals surface area contributed by atoms with Crippen molar-refractivity contribution in [3.05, 3.63) is 46.5 Å². The van der Waals surface area contributed by atoms with Gasteiger partial charge in [-0.15, -0.1) is 24.0 Å². The minimum absolute atomic E-state index is 0. The van der Waals surface area contributed by atoms with Crippen LogP contribution in [-0.4, -0.2) is 68.7 Å². The number of aliphatic imine (C=N–C) groups is 1. The molecular formula is C20H30ClIN4O. The van der Waals surface area contributed by atoms with Crippen molar-refractivity contribution in [3.8, 4) is 0 Å². The highest BCUT2D eigenvalue weighted by Crippen LogP contribution is 2.14. The predicted molar refractivity (Wildman–Crippen MR) is 123 cm³/mol. The second-order valence-corrected chi connectivity index (χ2v) is 7.24. The van der Waals surface area contributed by atoms with Crippen LogP contribution < -0.4 is 5.32 Å². The summed E-state index contributed by atoms with van der Waals surface area (Å²) in [5.74, 6) is 1.01. The second kappa shape index (κ2) is 11.9.